The standard InChI is InChI=1S/C23H23F4N3O4/c1-13(28-21(33)22(10-11-22)29-18(31)12-23(25,26)27)14-6-8-15(9-7-14)16-4-3-5-17(24)19(16)20(32)30-34-2/h3-9,13H,10-12H2,1-2H3,(H,28,33)(H,29,31)(H,30,32)/t13-/m1/s1. The summed E-state index contributed by atoms with van der Waals surface area (Å²) in [5.41, 5.74) is 2.11. The Morgan fingerprint density at radius 3 is 2.29 bits per heavy atom. The zero-order chi connectivity index (χ0) is 25.1. The molecule has 7 nitrogen and oxygen atoms in total. The molecule has 2 aromatic carbocycles. The molecule has 0 saturated heterocycles. The van der Waals surface area contributed by atoms with Gasteiger partial charge in [0.15, 0.2) is 0 Å². The third-order valence-corrected chi connectivity index (χ3v) is 5.43. The van der Waals surface area contributed by atoms with Crippen molar-refractivity contribution in [3.8, 4) is 11.1 Å². The monoisotopic (exact) mass is 481 g/mol. The first-order chi connectivity index (χ1) is 16.0. The Labute approximate surface area is 192 Å². The minimum Gasteiger partial charge on any atom is -0.348 e. The third-order valence-electron chi connectivity index (χ3n) is 5.43. The number of carbonyl (C=O) groups excluding carboxylic acids is 3. The van der Waals surface area contributed by atoms with Crippen LogP contribution in [0.3, 0.4) is 0 Å². The van der Waals surface area contributed by atoms with Crippen molar-refractivity contribution in [1.29, 1.82) is 0 Å². The van der Waals surface area contributed by atoms with E-state index in [1.165, 1.54) is 13.2 Å². The zero-order valence-electron chi connectivity index (χ0n) is 18.4. The van der Waals surface area contributed by atoms with Crippen LogP contribution in [-0.4, -0.2) is 36.5 Å². The molecular weight excluding hydrogens is 458 g/mol. The lowest BCUT2D eigenvalue weighted by atomic mass is 9.96. The van der Waals surface area contributed by atoms with Gasteiger partial charge < -0.3 is 10.6 Å². The molecule has 1 fully saturated rings. The summed E-state index contributed by atoms with van der Waals surface area (Å²) in [6.07, 6.45) is -5.80. The van der Waals surface area contributed by atoms with E-state index in [2.05, 4.69) is 21.0 Å². The Morgan fingerprint density at radius 1 is 1.09 bits per heavy atom. The predicted octanol–water partition coefficient (Wildman–Crippen LogP) is 3.56. The molecule has 0 heterocycles. The molecule has 0 bridgehead atoms. The lowest BCUT2D eigenvalue weighted by molar-refractivity contribution is -0.155. The minimum atomic E-state index is -4.66. The maximum atomic E-state index is 14.3. The van der Waals surface area contributed by atoms with E-state index in [1.807, 2.05) is 0 Å². The molecule has 0 spiro atoms. The summed E-state index contributed by atoms with van der Waals surface area (Å²) in [5, 5.41) is 4.90. The zero-order valence-corrected chi connectivity index (χ0v) is 18.4. The van der Waals surface area contributed by atoms with Crippen molar-refractivity contribution in [2.45, 2.75) is 43.9 Å². The highest BCUT2D eigenvalue weighted by Crippen LogP contribution is 2.37. The third kappa shape index (κ3) is 5.90. The molecule has 1 aliphatic rings. The fourth-order valence-corrected chi connectivity index (χ4v) is 3.54. The number of amides is 3. The number of carbonyl (C=O) groups is 3. The van der Waals surface area contributed by atoms with Crippen molar-refractivity contribution in [3.63, 3.8) is 0 Å². The highest BCUT2D eigenvalue weighted by Gasteiger charge is 2.52. The van der Waals surface area contributed by atoms with Crippen LogP contribution in [0.2, 0.25) is 0 Å². The molecule has 0 aromatic heterocycles. The molecule has 3 amide bonds. The Bertz CT molecular complexity index is 1080. The summed E-state index contributed by atoms with van der Waals surface area (Å²) in [4.78, 5) is 41.0. The second kappa shape index (κ2) is 9.80. The van der Waals surface area contributed by atoms with Crippen LogP contribution in [0.25, 0.3) is 11.1 Å². The highest BCUT2D eigenvalue weighted by atomic mass is 19.4. The van der Waals surface area contributed by atoms with Gasteiger partial charge in [-0.25, -0.2) is 9.87 Å². The van der Waals surface area contributed by atoms with Crippen molar-refractivity contribution >= 4 is 17.7 Å². The lowest BCUT2D eigenvalue weighted by Gasteiger charge is -2.21. The van der Waals surface area contributed by atoms with Crippen molar-refractivity contribution in [2.24, 2.45) is 0 Å². The van der Waals surface area contributed by atoms with E-state index in [4.69, 9.17) is 0 Å². The van der Waals surface area contributed by atoms with E-state index in [-0.39, 0.29) is 18.4 Å². The van der Waals surface area contributed by atoms with Gasteiger partial charge in [-0.05, 0) is 42.5 Å². The van der Waals surface area contributed by atoms with E-state index in [0.29, 0.717) is 16.7 Å². The normalized spacial score (nSPS) is 15.2. The number of nitrogens with one attached hydrogen (secondary N) is 3. The molecule has 0 unspecified atom stereocenters. The number of hydrogen-bond acceptors (Lipinski definition) is 4. The molecule has 1 saturated carbocycles. The second-order valence-corrected chi connectivity index (χ2v) is 8.04. The maximum Gasteiger partial charge on any atom is 0.397 e. The molecule has 11 heteroatoms. The van der Waals surface area contributed by atoms with Gasteiger partial charge in [-0.2, -0.15) is 13.2 Å². The fraction of sp³-hybridized carbons (Fsp3) is 0.348. The van der Waals surface area contributed by atoms with Crippen LogP contribution in [-0.2, 0) is 14.4 Å². The number of halogens is 4. The average molecular weight is 481 g/mol. The Hall–Kier alpha value is -3.47. The Kier molecular flexibility index (Phi) is 7.25. The molecule has 2 aromatic rings. The first-order valence-electron chi connectivity index (χ1n) is 10.4. The summed E-state index contributed by atoms with van der Waals surface area (Å²) >= 11 is 0. The molecule has 3 N–H and O–H groups in total. The minimum absolute atomic E-state index is 0.191. The quantitative estimate of drug-likeness (QED) is 0.397. The number of benzene rings is 2. The van der Waals surface area contributed by atoms with Gasteiger partial charge in [0.2, 0.25) is 11.8 Å². The summed E-state index contributed by atoms with van der Waals surface area (Å²) < 4.78 is 51.5. The molecule has 1 atom stereocenters. The van der Waals surface area contributed by atoms with Gasteiger partial charge in [0.1, 0.15) is 17.8 Å². The molecular formula is C23H23F4N3O4. The largest absolute Gasteiger partial charge is 0.397 e. The number of hydrogen-bond donors (Lipinski definition) is 3. The number of alkyl halides is 3. The van der Waals surface area contributed by atoms with Crippen molar-refractivity contribution < 1.29 is 36.8 Å². The van der Waals surface area contributed by atoms with Gasteiger partial charge in [0.05, 0.1) is 18.7 Å². The van der Waals surface area contributed by atoms with Gasteiger partial charge in [-0.1, -0.05) is 36.4 Å². The molecule has 0 aliphatic heterocycles. The van der Waals surface area contributed by atoms with Gasteiger partial charge >= 0.3 is 6.18 Å². The van der Waals surface area contributed by atoms with Crippen LogP contribution in [0.15, 0.2) is 42.5 Å². The lowest BCUT2D eigenvalue weighted by Crippen LogP contribution is -2.50. The van der Waals surface area contributed by atoms with Crippen LogP contribution >= 0.6 is 0 Å². The topological polar surface area (TPSA) is 96.5 Å². The Balaban J connectivity index is 1.70. The molecule has 182 valence electrons. The number of rotatable bonds is 8. The van der Waals surface area contributed by atoms with Crippen LogP contribution in [0, 0.1) is 5.82 Å². The van der Waals surface area contributed by atoms with Crippen molar-refractivity contribution in [1.82, 2.24) is 16.1 Å². The van der Waals surface area contributed by atoms with Crippen LogP contribution in [0.5, 0.6) is 0 Å². The van der Waals surface area contributed by atoms with Gasteiger partial charge in [-0.3, -0.25) is 19.2 Å². The van der Waals surface area contributed by atoms with E-state index < -0.39 is 47.7 Å². The van der Waals surface area contributed by atoms with Gasteiger partial charge in [-0.15, -0.1) is 0 Å². The van der Waals surface area contributed by atoms with Gasteiger partial charge in [0, 0.05) is 0 Å². The summed E-state index contributed by atoms with van der Waals surface area (Å²) in [7, 11) is 1.23. The highest BCUT2D eigenvalue weighted by molar-refractivity contribution is 6.00. The summed E-state index contributed by atoms with van der Waals surface area (Å²) in [5.74, 6) is -3.29. The van der Waals surface area contributed by atoms with E-state index >= 15 is 0 Å². The first-order valence-corrected chi connectivity index (χ1v) is 10.4. The first kappa shape index (κ1) is 25.2. The molecule has 3 rings (SSSR count). The summed E-state index contributed by atoms with van der Waals surface area (Å²) in [6.45, 7) is 1.68. The number of hydroxylamine groups is 1. The Morgan fingerprint density at radius 2 is 1.74 bits per heavy atom. The van der Waals surface area contributed by atoms with Gasteiger partial charge in [0.25, 0.3) is 5.91 Å². The van der Waals surface area contributed by atoms with Crippen LogP contribution < -0.4 is 16.1 Å². The van der Waals surface area contributed by atoms with E-state index in [9.17, 15) is 31.9 Å². The van der Waals surface area contributed by atoms with Crippen LogP contribution in [0.4, 0.5) is 17.6 Å². The fourth-order valence-electron chi connectivity index (χ4n) is 3.54. The van der Waals surface area contributed by atoms with E-state index in [0.717, 1.165) is 6.07 Å². The van der Waals surface area contributed by atoms with Crippen molar-refractivity contribution in [2.75, 3.05) is 7.11 Å². The average Bonchev–Trinajstić information content (AvgIpc) is 3.53. The predicted molar refractivity (Wildman–Crippen MR) is 114 cm³/mol. The maximum absolute atomic E-state index is 14.3. The molecule has 34 heavy (non-hydrogen) atoms. The summed E-state index contributed by atoms with van der Waals surface area (Å²) in [6, 6.07) is 10.3. The molecule has 1 aliphatic carbocycles. The van der Waals surface area contributed by atoms with Crippen LogP contribution in [0.1, 0.15) is 48.1 Å². The second-order valence-electron chi connectivity index (χ2n) is 8.04. The smallest absolute Gasteiger partial charge is 0.348 e. The SMILES string of the molecule is CONC(=O)c1c(F)cccc1-c1ccc([C@@H](C)NC(=O)C2(NC(=O)CC(F)(F)F)CC2)cc1. The van der Waals surface area contributed by atoms with Crippen molar-refractivity contribution in [3.05, 3.63) is 59.4 Å². The van der Waals surface area contributed by atoms with E-state index in [1.54, 1.807) is 37.3 Å². The molecule has 0 radical (unpaired) electrons.